The van der Waals surface area contributed by atoms with Crippen LogP contribution in [0, 0.1) is 11.7 Å². The van der Waals surface area contributed by atoms with E-state index < -0.39 is 0 Å². The Balaban J connectivity index is 1.62. The van der Waals surface area contributed by atoms with Gasteiger partial charge in [0, 0.05) is 24.6 Å². The van der Waals surface area contributed by atoms with Gasteiger partial charge >= 0.3 is 0 Å². The first-order valence-electron chi connectivity index (χ1n) is 7.96. The number of halogens is 1. The Morgan fingerprint density at radius 2 is 2.08 bits per heavy atom. The van der Waals surface area contributed by atoms with Crippen molar-refractivity contribution in [2.24, 2.45) is 5.92 Å². The molecule has 1 amide bonds. The highest BCUT2D eigenvalue weighted by Crippen LogP contribution is 2.34. The van der Waals surface area contributed by atoms with Gasteiger partial charge in [-0.05, 0) is 42.3 Å². The van der Waals surface area contributed by atoms with Crippen LogP contribution in [0.1, 0.15) is 28.4 Å². The van der Waals surface area contributed by atoms with E-state index in [1.54, 1.807) is 43.5 Å². The van der Waals surface area contributed by atoms with Crippen LogP contribution in [0.4, 0.5) is 4.39 Å². The fourth-order valence-electron chi connectivity index (χ4n) is 2.95. The maximum atomic E-state index is 13.1. The Hall–Kier alpha value is -2.40. The Morgan fingerprint density at radius 1 is 1.29 bits per heavy atom. The van der Waals surface area contributed by atoms with Crippen molar-refractivity contribution in [1.29, 1.82) is 0 Å². The van der Waals surface area contributed by atoms with E-state index in [1.807, 2.05) is 0 Å². The van der Waals surface area contributed by atoms with Crippen LogP contribution < -0.4 is 10.1 Å². The third-order valence-corrected chi connectivity index (χ3v) is 4.27. The van der Waals surface area contributed by atoms with E-state index in [0.29, 0.717) is 24.5 Å². The Labute approximate surface area is 140 Å². The molecule has 4 nitrogen and oxygen atoms in total. The molecule has 1 heterocycles. The first-order valence-corrected chi connectivity index (χ1v) is 7.96. The summed E-state index contributed by atoms with van der Waals surface area (Å²) in [6.45, 7) is 1.15. The molecule has 1 aliphatic rings. The van der Waals surface area contributed by atoms with E-state index in [0.717, 1.165) is 12.0 Å². The number of hydrogen-bond acceptors (Lipinski definition) is 3. The lowest BCUT2D eigenvalue weighted by molar-refractivity contribution is 0.0846. The number of benzene rings is 2. The Bertz CT molecular complexity index is 702. The van der Waals surface area contributed by atoms with E-state index in [1.165, 1.54) is 12.1 Å². The highest BCUT2D eigenvalue weighted by molar-refractivity contribution is 5.94. The minimum Gasteiger partial charge on any atom is -0.497 e. The summed E-state index contributed by atoms with van der Waals surface area (Å²) in [5, 5.41) is 2.95. The van der Waals surface area contributed by atoms with Gasteiger partial charge in [0.1, 0.15) is 11.6 Å². The van der Waals surface area contributed by atoms with Crippen molar-refractivity contribution < 1.29 is 18.7 Å². The SMILES string of the molecule is COc1cccc(C(=O)NC[C@@H]2CCO[C@H]2c2ccc(F)cc2)c1. The number of carbonyl (C=O) groups is 1. The molecular weight excluding hydrogens is 309 g/mol. The maximum Gasteiger partial charge on any atom is 0.251 e. The number of nitrogens with one attached hydrogen (secondary N) is 1. The molecule has 1 fully saturated rings. The molecule has 126 valence electrons. The third-order valence-electron chi connectivity index (χ3n) is 4.27. The van der Waals surface area contributed by atoms with E-state index >= 15 is 0 Å². The Kier molecular flexibility index (Phi) is 5.11. The largest absolute Gasteiger partial charge is 0.497 e. The summed E-state index contributed by atoms with van der Waals surface area (Å²) in [4.78, 5) is 12.3. The molecule has 1 aliphatic heterocycles. The van der Waals surface area contributed by atoms with Crippen molar-refractivity contribution in [3.8, 4) is 5.75 Å². The third kappa shape index (κ3) is 3.74. The number of carbonyl (C=O) groups excluding carboxylic acids is 1. The summed E-state index contributed by atoms with van der Waals surface area (Å²) < 4.78 is 24.0. The smallest absolute Gasteiger partial charge is 0.251 e. The summed E-state index contributed by atoms with van der Waals surface area (Å²) in [5.41, 5.74) is 1.50. The molecule has 2 aromatic carbocycles. The van der Waals surface area contributed by atoms with E-state index in [9.17, 15) is 9.18 Å². The van der Waals surface area contributed by atoms with Gasteiger partial charge in [0.25, 0.3) is 5.91 Å². The number of rotatable bonds is 5. The summed E-state index contributed by atoms with van der Waals surface area (Å²) in [6.07, 6.45) is 0.747. The fourth-order valence-corrected chi connectivity index (χ4v) is 2.95. The lowest BCUT2D eigenvalue weighted by Crippen LogP contribution is -2.30. The molecule has 0 radical (unpaired) electrons. The van der Waals surface area contributed by atoms with E-state index in [-0.39, 0.29) is 23.7 Å². The standard InChI is InChI=1S/C19H20FNO3/c1-23-17-4-2-3-14(11-17)19(22)21-12-15-9-10-24-18(15)13-5-7-16(20)8-6-13/h2-8,11,15,18H,9-10,12H2,1H3,(H,21,22)/t15-,18-/m0/s1. The van der Waals surface area contributed by atoms with Crippen molar-refractivity contribution >= 4 is 5.91 Å². The zero-order chi connectivity index (χ0) is 16.9. The highest BCUT2D eigenvalue weighted by Gasteiger charge is 2.30. The predicted octanol–water partition coefficient (Wildman–Crippen LogP) is 3.34. The molecule has 2 aromatic rings. The molecule has 0 saturated carbocycles. The topological polar surface area (TPSA) is 47.6 Å². The minimum absolute atomic E-state index is 0.115. The second-order valence-corrected chi connectivity index (χ2v) is 5.83. The van der Waals surface area contributed by atoms with E-state index in [2.05, 4.69) is 5.32 Å². The lowest BCUT2D eigenvalue weighted by atomic mass is 9.95. The lowest BCUT2D eigenvalue weighted by Gasteiger charge is -2.19. The molecule has 0 unspecified atom stereocenters. The first kappa shape index (κ1) is 16.5. The van der Waals surface area contributed by atoms with Crippen LogP contribution in [-0.2, 0) is 4.74 Å². The van der Waals surface area contributed by atoms with Crippen molar-refractivity contribution in [2.75, 3.05) is 20.3 Å². The average molecular weight is 329 g/mol. The molecule has 5 heteroatoms. The molecule has 0 bridgehead atoms. The van der Waals surface area contributed by atoms with Gasteiger partial charge in [-0.15, -0.1) is 0 Å². The number of hydrogen-bond donors (Lipinski definition) is 1. The molecule has 3 rings (SSSR count). The minimum atomic E-state index is -0.264. The molecule has 0 spiro atoms. The highest BCUT2D eigenvalue weighted by atomic mass is 19.1. The molecule has 1 saturated heterocycles. The van der Waals surface area contributed by atoms with Gasteiger partial charge in [-0.1, -0.05) is 18.2 Å². The molecule has 2 atom stereocenters. The van der Waals surface area contributed by atoms with Crippen LogP contribution in [0.5, 0.6) is 5.75 Å². The van der Waals surface area contributed by atoms with Crippen LogP contribution in [0.2, 0.25) is 0 Å². The van der Waals surface area contributed by atoms with Gasteiger partial charge in [-0.25, -0.2) is 4.39 Å². The van der Waals surface area contributed by atoms with Crippen LogP contribution in [0.25, 0.3) is 0 Å². The summed E-state index contributed by atoms with van der Waals surface area (Å²) in [5.74, 6) is 0.416. The van der Waals surface area contributed by atoms with Crippen molar-refractivity contribution in [1.82, 2.24) is 5.32 Å². The molecular formula is C19H20FNO3. The summed E-state index contributed by atoms with van der Waals surface area (Å²) in [7, 11) is 1.57. The number of ether oxygens (including phenoxy) is 2. The van der Waals surface area contributed by atoms with Gasteiger partial charge < -0.3 is 14.8 Å². The quantitative estimate of drug-likeness (QED) is 0.915. The molecule has 24 heavy (non-hydrogen) atoms. The molecule has 1 N–H and O–H groups in total. The zero-order valence-corrected chi connectivity index (χ0v) is 13.5. The number of amides is 1. The van der Waals surface area contributed by atoms with Crippen LogP contribution >= 0.6 is 0 Å². The van der Waals surface area contributed by atoms with Gasteiger partial charge in [-0.3, -0.25) is 4.79 Å². The van der Waals surface area contributed by atoms with Gasteiger partial charge in [0.15, 0.2) is 0 Å². The summed E-state index contributed by atoms with van der Waals surface area (Å²) in [6, 6.07) is 13.4. The van der Waals surface area contributed by atoms with Crippen molar-refractivity contribution in [3.05, 3.63) is 65.5 Å². The normalized spacial score (nSPS) is 19.9. The monoisotopic (exact) mass is 329 g/mol. The van der Waals surface area contributed by atoms with Crippen LogP contribution in [0.3, 0.4) is 0 Å². The predicted molar refractivity (Wildman–Crippen MR) is 88.5 cm³/mol. The van der Waals surface area contributed by atoms with Crippen molar-refractivity contribution in [3.63, 3.8) is 0 Å². The van der Waals surface area contributed by atoms with E-state index in [4.69, 9.17) is 9.47 Å². The fraction of sp³-hybridized carbons (Fsp3) is 0.316. The summed E-state index contributed by atoms with van der Waals surface area (Å²) >= 11 is 0. The van der Waals surface area contributed by atoms with Gasteiger partial charge in [0.05, 0.1) is 13.2 Å². The second kappa shape index (κ2) is 7.45. The van der Waals surface area contributed by atoms with Crippen molar-refractivity contribution in [2.45, 2.75) is 12.5 Å². The van der Waals surface area contributed by atoms with Crippen LogP contribution in [-0.4, -0.2) is 26.2 Å². The second-order valence-electron chi connectivity index (χ2n) is 5.83. The molecule has 0 aromatic heterocycles. The van der Waals surface area contributed by atoms with Gasteiger partial charge in [-0.2, -0.15) is 0 Å². The maximum absolute atomic E-state index is 13.1. The average Bonchev–Trinajstić information content (AvgIpc) is 3.09. The number of methoxy groups -OCH3 is 1. The van der Waals surface area contributed by atoms with Gasteiger partial charge in [0.2, 0.25) is 0 Å². The van der Waals surface area contributed by atoms with Crippen LogP contribution in [0.15, 0.2) is 48.5 Å². The zero-order valence-electron chi connectivity index (χ0n) is 13.5. The first-order chi connectivity index (χ1) is 11.7. The Morgan fingerprint density at radius 3 is 2.83 bits per heavy atom. The molecule has 0 aliphatic carbocycles.